The topological polar surface area (TPSA) is 63.2 Å². The van der Waals surface area contributed by atoms with Gasteiger partial charge in [0.25, 0.3) is 5.92 Å². The number of fused-ring (bicyclic) bond motifs is 2. The van der Waals surface area contributed by atoms with Gasteiger partial charge in [-0.05, 0) is 43.4 Å². The van der Waals surface area contributed by atoms with Crippen molar-refractivity contribution in [3.63, 3.8) is 0 Å². The minimum atomic E-state index is -2.76. The van der Waals surface area contributed by atoms with Gasteiger partial charge >= 0.3 is 0 Å². The van der Waals surface area contributed by atoms with Gasteiger partial charge < -0.3 is 15.0 Å². The lowest BCUT2D eigenvalue weighted by molar-refractivity contribution is -0.00184. The van der Waals surface area contributed by atoms with E-state index in [9.17, 15) is 8.78 Å². The predicted octanol–water partition coefficient (Wildman–Crippen LogP) is 5.26. The first-order valence-electron chi connectivity index (χ1n) is 11.9. The monoisotopic (exact) mass is 467 g/mol. The Morgan fingerprint density at radius 2 is 2.09 bits per heavy atom. The molecule has 2 aromatic heterocycles. The van der Waals surface area contributed by atoms with E-state index < -0.39 is 5.92 Å². The number of aryl methyl sites for hydroxylation is 1. The summed E-state index contributed by atoms with van der Waals surface area (Å²) in [7, 11) is 2.07. The molecule has 0 radical (unpaired) electrons. The van der Waals surface area contributed by atoms with Gasteiger partial charge in [0.2, 0.25) is 0 Å². The highest BCUT2D eigenvalue weighted by atomic mass is 19.3. The summed E-state index contributed by atoms with van der Waals surface area (Å²) >= 11 is 0. The van der Waals surface area contributed by atoms with Crippen molar-refractivity contribution in [1.82, 2.24) is 15.2 Å². The van der Waals surface area contributed by atoms with Gasteiger partial charge in [0.1, 0.15) is 0 Å². The Morgan fingerprint density at radius 3 is 2.85 bits per heavy atom. The molecule has 8 heteroatoms. The number of aromatic nitrogens is 3. The zero-order valence-corrected chi connectivity index (χ0v) is 20.1. The van der Waals surface area contributed by atoms with Gasteiger partial charge in [0.05, 0.1) is 35.7 Å². The first kappa shape index (κ1) is 22.9. The lowest BCUT2D eigenvalue weighted by Crippen LogP contribution is -2.28. The molecule has 3 heterocycles. The molecule has 3 atom stereocenters. The molecule has 3 aromatic rings. The van der Waals surface area contributed by atoms with Crippen molar-refractivity contribution in [3.8, 4) is 0 Å². The highest BCUT2D eigenvalue weighted by molar-refractivity contribution is 5.92. The second-order valence-electron chi connectivity index (χ2n) is 9.82. The maximum Gasteiger partial charge on any atom is 0.273 e. The maximum absolute atomic E-state index is 14.3. The molecular weight excluding hydrogens is 436 g/mol. The summed E-state index contributed by atoms with van der Waals surface area (Å²) in [4.78, 5) is 6.90. The molecule has 180 valence electrons. The number of hydrogen-bond acceptors (Lipinski definition) is 6. The lowest BCUT2D eigenvalue weighted by Gasteiger charge is -2.25. The molecule has 1 saturated heterocycles. The molecule has 1 aromatic carbocycles. The fraction of sp³-hybridized carbons (Fsp3) is 0.500. The van der Waals surface area contributed by atoms with Crippen LogP contribution in [0.15, 0.2) is 30.5 Å². The van der Waals surface area contributed by atoms with Crippen molar-refractivity contribution in [2.24, 2.45) is 11.8 Å². The zero-order valence-electron chi connectivity index (χ0n) is 20.1. The molecule has 0 saturated carbocycles. The largest absolute Gasteiger partial charge is 0.381 e. The maximum atomic E-state index is 14.3. The van der Waals surface area contributed by atoms with E-state index in [1.54, 1.807) is 12.1 Å². The number of benzene rings is 1. The summed E-state index contributed by atoms with van der Waals surface area (Å²) in [6.45, 7) is 8.57. The van der Waals surface area contributed by atoms with Gasteiger partial charge in [-0.25, -0.2) is 8.78 Å². The predicted molar refractivity (Wildman–Crippen MR) is 130 cm³/mol. The molecule has 2 aliphatic rings. The number of halogens is 2. The lowest BCUT2D eigenvalue weighted by atomic mass is 9.97. The normalized spacial score (nSPS) is 22.1. The SMILES string of the molecule is Cc1nnc(N[C@H](C)c2cccc3c2CCC3(F)F)c2cc(N(C)C[C@@H]3COC[C@@H]3C)cnc12. The van der Waals surface area contributed by atoms with Crippen molar-refractivity contribution in [1.29, 1.82) is 0 Å². The van der Waals surface area contributed by atoms with Gasteiger partial charge in [0, 0.05) is 43.5 Å². The fourth-order valence-corrected chi connectivity index (χ4v) is 5.19. The van der Waals surface area contributed by atoms with E-state index in [0.717, 1.165) is 53.2 Å². The van der Waals surface area contributed by atoms with E-state index in [1.807, 2.05) is 26.1 Å². The third kappa shape index (κ3) is 4.08. The van der Waals surface area contributed by atoms with Crippen LogP contribution >= 0.6 is 0 Å². The van der Waals surface area contributed by atoms with Crippen LogP contribution in [-0.4, -0.2) is 42.0 Å². The van der Waals surface area contributed by atoms with E-state index in [1.165, 1.54) is 0 Å². The third-order valence-electron chi connectivity index (χ3n) is 7.35. The fourth-order valence-electron chi connectivity index (χ4n) is 5.19. The summed E-state index contributed by atoms with van der Waals surface area (Å²) in [5.41, 5.74) is 4.29. The van der Waals surface area contributed by atoms with Crippen LogP contribution in [0.2, 0.25) is 0 Å². The number of nitrogens with one attached hydrogen (secondary N) is 1. The summed E-state index contributed by atoms with van der Waals surface area (Å²) in [6, 6.07) is 7.06. The van der Waals surface area contributed by atoms with E-state index >= 15 is 0 Å². The summed E-state index contributed by atoms with van der Waals surface area (Å²) in [5.74, 6) is -1.14. The smallest absolute Gasteiger partial charge is 0.273 e. The summed E-state index contributed by atoms with van der Waals surface area (Å²) in [6.07, 6.45) is 2.12. The highest BCUT2D eigenvalue weighted by Gasteiger charge is 2.40. The number of hydrogen-bond donors (Lipinski definition) is 1. The Balaban J connectivity index is 1.45. The highest BCUT2D eigenvalue weighted by Crippen LogP contribution is 2.44. The molecule has 1 N–H and O–H groups in total. The van der Waals surface area contributed by atoms with E-state index in [4.69, 9.17) is 9.72 Å². The van der Waals surface area contributed by atoms with Gasteiger partial charge in [-0.2, -0.15) is 5.10 Å². The van der Waals surface area contributed by atoms with Crippen LogP contribution in [0.3, 0.4) is 0 Å². The quantitative estimate of drug-likeness (QED) is 0.533. The molecule has 1 aliphatic carbocycles. The second-order valence-corrected chi connectivity index (χ2v) is 9.82. The van der Waals surface area contributed by atoms with Gasteiger partial charge in [-0.1, -0.05) is 25.1 Å². The Kier molecular flexibility index (Phi) is 5.88. The molecule has 6 nitrogen and oxygen atoms in total. The minimum absolute atomic E-state index is 0.135. The van der Waals surface area contributed by atoms with E-state index in [-0.39, 0.29) is 18.0 Å². The molecule has 0 amide bonds. The van der Waals surface area contributed by atoms with Crippen LogP contribution < -0.4 is 10.2 Å². The van der Waals surface area contributed by atoms with Crippen molar-refractivity contribution in [2.75, 3.05) is 37.0 Å². The van der Waals surface area contributed by atoms with Crippen molar-refractivity contribution in [3.05, 3.63) is 52.8 Å². The zero-order chi connectivity index (χ0) is 24.0. The molecule has 1 fully saturated rings. The van der Waals surface area contributed by atoms with Crippen molar-refractivity contribution < 1.29 is 13.5 Å². The van der Waals surface area contributed by atoms with Crippen molar-refractivity contribution in [2.45, 2.75) is 45.6 Å². The average Bonchev–Trinajstić information content (AvgIpc) is 3.37. The van der Waals surface area contributed by atoms with Crippen LogP contribution in [-0.2, 0) is 17.1 Å². The number of alkyl halides is 2. The molecule has 0 bridgehead atoms. The Morgan fingerprint density at radius 1 is 1.26 bits per heavy atom. The van der Waals surface area contributed by atoms with E-state index in [2.05, 4.69) is 40.5 Å². The first-order valence-corrected chi connectivity index (χ1v) is 11.9. The summed E-state index contributed by atoms with van der Waals surface area (Å²) in [5, 5.41) is 13.0. The molecule has 5 rings (SSSR count). The number of ether oxygens (including phenoxy) is 1. The molecule has 0 spiro atoms. The van der Waals surface area contributed by atoms with Crippen LogP contribution in [0.5, 0.6) is 0 Å². The Bertz CT molecular complexity index is 1220. The first-order chi connectivity index (χ1) is 16.2. The van der Waals surface area contributed by atoms with Crippen LogP contribution in [0.4, 0.5) is 20.3 Å². The Labute approximate surface area is 198 Å². The van der Waals surface area contributed by atoms with E-state index in [0.29, 0.717) is 24.1 Å². The number of nitrogens with zero attached hydrogens (tertiary/aromatic N) is 4. The minimum Gasteiger partial charge on any atom is -0.381 e. The van der Waals surface area contributed by atoms with Crippen molar-refractivity contribution >= 4 is 22.4 Å². The van der Waals surface area contributed by atoms with Crippen LogP contribution in [0, 0.1) is 18.8 Å². The number of anilines is 2. The molecule has 0 unspecified atom stereocenters. The van der Waals surface area contributed by atoms with Crippen LogP contribution in [0.1, 0.15) is 48.7 Å². The third-order valence-corrected chi connectivity index (χ3v) is 7.35. The number of rotatable bonds is 6. The standard InChI is InChI=1S/C26H31F2N5O/c1-15-13-34-14-18(15)12-33(4)19-10-22-24(29-11-19)17(3)31-32-25(22)30-16(2)20-6-5-7-23-21(20)8-9-26(23,27)28/h5-7,10-11,15-16,18H,8-9,12-14H2,1-4H3,(H,30,32)/t15-,16+,18+/m0/s1. The van der Waals surface area contributed by atoms with Crippen LogP contribution in [0.25, 0.3) is 10.9 Å². The molecular formula is C26H31F2N5O. The molecule has 34 heavy (non-hydrogen) atoms. The number of pyridine rings is 1. The van der Waals surface area contributed by atoms with Gasteiger partial charge in [-0.15, -0.1) is 5.10 Å². The second kappa shape index (κ2) is 8.73. The van der Waals surface area contributed by atoms with Gasteiger partial charge in [-0.3, -0.25) is 4.98 Å². The Hall–Kier alpha value is -2.87. The molecule has 1 aliphatic heterocycles. The average molecular weight is 468 g/mol. The van der Waals surface area contributed by atoms with Gasteiger partial charge in [0.15, 0.2) is 5.82 Å². The summed E-state index contributed by atoms with van der Waals surface area (Å²) < 4.78 is 34.2.